The first kappa shape index (κ1) is 12.9. The average Bonchev–Trinajstić information content (AvgIpc) is 2.36. The molecular formula is C10H20NO3PS. The van der Waals surface area contributed by atoms with Crippen LogP contribution in [0.1, 0.15) is 34.1 Å². The molecule has 1 N–H and O–H groups in total. The first-order valence-electron chi connectivity index (χ1n) is 5.62. The summed E-state index contributed by atoms with van der Waals surface area (Å²) in [6.07, 6.45) is 0.827. The Morgan fingerprint density at radius 3 is 2.25 bits per heavy atom. The van der Waals surface area contributed by atoms with Crippen molar-refractivity contribution in [1.29, 1.82) is 0 Å². The third kappa shape index (κ3) is 2.34. The van der Waals surface area contributed by atoms with E-state index in [1.54, 1.807) is 11.8 Å². The van der Waals surface area contributed by atoms with Crippen molar-refractivity contribution in [2.24, 2.45) is 0 Å². The van der Waals surface area contributed by atoms with Gasteiger partial charge >= 0.3 is 7.60 Å². The molecule has 1 unspecified atom stereocenters. The zero-order valence-corrected chi connectivity index (χ0v) is 12.0. The Kier molecular flexibility index (Phi) is 3.22. The predicted molar refractivity (Wildman–Crippen MR) is 66.8 cm³/mol. The lowest BCUT2D eigenvalue weighted by atomic mass is 10.2. The summed E-state index contributed by atoms with van der Waals surface area (Å²) in [5.74, 6) is -0.222. The molecule has 2 aliphatic heterocycles. The van der Waals surface area contributed by atoms with Crippen LogP contribution in [0.15, 0.2) is 0 Å². The molecule has 0 aromatic carbocycles. The van der Waals surface area contributed by atoms with Gasteiger partial charge in [0.2, 0.25) is 0 Å². The fourth-order valence-electron chi connectivity index (χ4n) is 2.33. The fraction of sp³-hybridized carbons (Fsp3) is 1.00. The van der Waals surface area contributed by atoms with Gasteiger partial charge in [0.25, 0.3) is 0 Å². The molecule has 6 heteroatoms. The molecule has 4 nitrogen and oxygen atoms in total. The molecule has 0 bridgehead atoms. The zero-order chi connectivity index (χ0) is 12.0. The van der Waals surface area contributed by atoms with Crippen LogP contribution in [0, 0.1) is 0 Å². The Morgan fingerprint density at radius 1 is 1.25 bits per heavy atom. The second-order valence-corrected chi connectivity index (χ2v) is 9.71. The molecule has 2 fully saturated rings. The van der Waals surface area contributed by atoms with Gasteiger partial charge in [-0.05, 0) is 34.1 Å². The lowest BCUT2D eigenvalue weighted by molar-refractivity contribution is 0.134. The van der Waals surface area contributed by atoms with E-state index in [4.69, 9.17) is 9.05 Å². The molecule has 0 aliphatic carbocycles. The second-order valence-electron chi connectivity index (χ2n) is 5.32. The van der Waals surface area contributed by atoms with Gasteiger partial charge in [0.1, 0.15) is 5.78 Å². The maximum absolute atomic E-state index is 12.6. The van der Waals surface area contributed by atoms with Crippen molar-refractivity contribution in [3.63, 3.8) is 0 Å². The summed E-state index contributed by atoms with van der Waals surface area (Å²) in [5, 5.41) is 3.38. The topological polar surface area (TPSA) is 47.6 Å². The Morgan fingerprint density at radius 2 is 1.81 bits per heavy atom. The van der Waals surface area contributed by atoms with Gasteiger partial charge < -0.3 is 9.05 Å². The Balaban J connectivity index is 2.23. The van der Waals surface area contributed by atoms with Crippen LogP contribution in [0.5, 0.6) is 0 Å². The van der Waals surface area contributed by atoms with Gasteiger partial charge in [-0.15, -0.1) is 11.8 Å². The molecular weight excluding hydrogens is 245 g/mol. The third-order valence-electron chi connectivity index (χ3n) is 2.81. The third-order valence-corrected chi connectivity index (χ3v) is 6.87. The van der Waals surface area contributed by atoms with Crippen molar-refractivity contribution < 1.29 is 13.6 Å². The summed E-state index contributed by atoms with van der Waals surface area (Å²) in [5.41, 5.74) is 0. The van der Waals surface area contributed by atoms with Crippen LogP contribution < -0.4 is 5.32 Å². The minimum Gasteiger partial charge on any atom is -0.307 e. The second kappa shape index (κ2) is 3.99. The molecule has 2 heterocycles. The first-order chi connectivity index (χ1) is 7.25. The van der Waals surface area contributed by atoms with Crippen molar-refractivity contribution in [3.8, 4) is 0 Å². The molecule has 16 heavy (non-hydrogen) atoms. The van der Waals surface area contributed by atoms with Gasteiger partial charge in [0.05, 0.1) is 18.1 Å². The SMILES string of the molecule is CC1(C)NC(P2(=O)OCCCO2)C(C)(C)S1. The molecule has 2 rings (SSSR count). The standard InChI is InChI=1S/C10H20NO3PS/c1-9(2)8(11-10(3,4)16-9)15(12)13-6-5-7-14-15/h8,11H,5-7H2,1-4H3. The van der Waals surface area contributed by atoms with E-state index in [1.165, 1.54) is 0 Å². The highest BCUT2D eigenvalue weighted by molar-refractivity contribution is 8.02. The van der Waals surface area contributed by atoms with E-state index in [1.807, 2.05) is 0 Å². The van der Waals surface area contributed by atoms with Crippen LogP contribution >= 0.6 is 19.4 Å². The van der Waals surface area contributed by atoms with Gasteiger partial charge in [0.15, 0.2) is 0 Å². The van der Waals surface area contributed by atoms with Gasteiger partial charge in [-0.25, -0.2) is 0 Å². The van der Waals surface area contributed by atoms with Gasteiger partial charge in [-0.3, -0.25) is 9.88 Å². The molecule has 1 atom stereocenters. The molecule has 94 valence electrons. The van der Waals surface area contributed by atoms with Crippen molar-refractivity contribution in [2.75, 3.05) is 13.2 Å². The smallest absolute Gasteiger partial charge is 0.307 e. The van der Waals surface area contributed by atoms with Crippen LogP contribution in [-0.2, 0) is 13.6 Å². The number of nitrogens with one attached hydrogen (secondary N) is 1. The van der Waals surface area contributed by atoms with E-state index in [0.717, 1.165) is 6.42 Å². The highest BCUT2D eigenvalue weighted by Crippen LogP contribution is 2.63. The van der Waals surface area contributed by atoms with E-state index in [-0.39, 0.29) is 15.4 Å². The summed E-state index contributed by atoms with van der Waals surface area (Å²) in [6, 6.07) is 0. The highest BCUT2D eigenvalue weighted by atomic mass is 32.2. The number of hydrogen-bond acceptors (Lipinski definition) is 5. The number of hydrogen-bond donors (Lipinski definition) is 1. The van der Waals surface area contributed by atoms with E-state index >= 15 is 0 Å². The van der Waals surface area contributed by atoms with Crippen molar-refractivity contribution in [1.82, 2.24) is 5.32 Å². The normalized spacial score (nSPS) is 36.1. The minimum absolute atomic E-state index is 0.0876. The maximum Gasteiger partial charge on any atom is 0.348 e. The van der Waals surface area contributed by atoms with Crippen LogP contribution in [0.25, 0.3) is 0 Å². The summed E-state index contributed by atoms with van der Waals surface area (Å²) in [7, 11) is -2.99. The monoisotopic (exact) mass is 265 g/mol. The predicted octanol–water partition coefficient (Wildman–Crippen LogP) is 2.79. The van der Waals surface area contributed by atoms with E-state index < -0.39 is 7.60 Å². The average molecular weight is 265 g/mol. The molecule has 2 saturated heterocycles. The number of rotatable bonds is 1. The molecule has 0 aromatic rings. The summed E-state index contributed by atoms with van der Waals surface area (Å²) < 4.78 is 23.3. The van der Waals surface area contributed by atoms with Crippen LogP contribution in [0.2, 0.25) is 0 Å². The van der Waals surface area contributed by atoms with Gasteiger partial charge in [-0.2, -0.15) is 0 Å². The summed E-state index contributed by atoms with van der Waals surface area (Å²) in [4.78, 5) is -0.0876. The quantitative estimate of drug-likeness (QED) is 0.739. The molecule has 0 saturated carbocycles. The lowest BCUT2D eigenvalue weighted by Gasteiger charge is -2.33. The maximum atomic E-state index is 12.6. The molecule has 0 amide bonds. The minimum atomic E-state index is -2.99. The largest absolute Gasteiger partial charge is 0.348 e. The molecule has 2 aliphatic rings. The van der Waals surface area contributed by atoms with E-state index in [0.29, 0.717) is 13.2 Å². The lowest BCUT2D eigenvalue weighted by Crippen LogP contribution is -2.42. The van der Waals surface area contributed by atoms with Crippen LogP contribution in [-0.4, -0.2) is 28.6 Å². The Bertz CT molecular complexity index is 322. The first-order valence-corrected chi connectivity index (χ1v) is 8.05. The number of thioether (sulfide) groups is 1. The molecule has 0 spiro atoms. The van der Waals surface area contributed by atoms with Gasteiger partial charge in [0, 0.05) is 4.75 Å². The van der Waals surface area contributed by atoms with Crippen LogP contribution in [0.3, 0.4) is 0 Å². The van der Waals surface area contributed by atoms with Crippen molar-refractivity contribution >= 4 is 19.4 Å². The zero-order valence-electron chi connectivity index (χ0n) is 10.3. The van der Waals surface area contributed by atoms with Crippen molar-refractivity contribution in [2.45, 2.75) is 49.5 Å². The van der Waals surface area contributed by atoms with Crippen molar-refractivity contribution in [3.05, 3.63) is 0 Å². The molecule has 0 radical (unpaired) electrons. The molecule has 0 aromatic heterocycles. The fourth-order valence-corrected chi connectivity index (χ4v) is 7.01. The summed E-state index contributed by atoms with van der Waals surface area (Å²) in [6.45, 7) is 9.44. The Hall–Kier alpha value is 0.460. The highest BCUT2D eigenvalue weighted by Gasteiger charge is 2.55. The van der Waals surface area contributed by atoms with E-state index in [9.17, 15) is 4.57 Å². The van der Waals surface area contributed by atoms with Gasteiger partial charge in [-0.1, -0.05) is 0 Å². The van der Waals surface area contributed by atoms with Crippen LogP contribution in [0.4, 0.5) is 0 Å². The van der Waals surface area contributed by atoms with E-state index in [2.05, 4.69) is 33.0 Å². The summed E-state index contributed by atoms with van der Waals surface area (Å²) >= 11 is 1.78. The Labute approximate surface area is 101 Å².